The van der Waals surface area contributed by atoms with Crippen LogP contribution in [-0.4, -0.2) is 27.0 Å². The molecule has 1 aromatic carbocycles. The summed E-state index contributed by atoms with van der Waals surface area (Å²) in [5, 5.41) is 0. The second kappa shape index (κ2) is 4.82. The number of carbonyl (C=O) groups excluding carboxylic acids is 1. The Morgan fingerprint density at radius 2 is 2.13 bits per heavy atom. The first kappa shape index (κ1) is 11.6. The Labute approximate surface area is 90.7 Å². The van der Waals surface area contributed by atoms with Gasteiger partial charge in [-0.25, -0.2) is 0 Å². The summed E-state index contributed by atoms with van der Waals surface area (Å²) in [6.07, 6.45) is 0.821. The summed E-state index contributed by atoms with van der Waals surface area (Å²) < 4.78 is 5.17. The molecule has 0 aliphatic rings. The zero-order valence-corrected chi connectivity index (χ0v) is 9.70. The molecule has 15 heavy (non-hydrogen) atoms. The molecule has 0 amide bonds. The van der Waals surface area contributed by atoms with Gasteiger partial charge in [-0.15, -0.1) is 0 Å². The highest BCUT2D eigenvalue weighted by Gasteiger charge is 2.09. The SMILES string of the molecule is CCN(C)c1cc(OC)c(C=O)cc1C. The molecule has 3 nitrogen and oxygen atoms in total. The van der Waals surface area contributed by atoms with Crippen molar-refractivity contribution in [2.45, 2.75) is 13.8 Å². The lowest BCUT2D eigenvalue weighted by molar-refractivity contribution is 0.112. The highest BCUT2D eigenvalue weighted by atomic mass is 16.5. The van der Waals surface area contributed by atoms with Gasteiger partial charge >= 0.3 is 0 Å². The summed E-state index contributed by atoms with van der Waals surface area (Å²) in [6.45, 7) is 5.00. The second-order valence-electron chi connectivity index (χ2n) is 3.51. The number of rotatable bonds is 4. The van der Waals surface area contributed by atoms with Gasteiger partial charge in [0.1, 0.15) is 5.75 Å². The topological polar surface area (TPSA) is 29.5 Å². The van der Waals surface area contributed by atoms with Crippen LogP contribution in [0.1, 0.15) is 22.8 Å². The van der Waals surface area contributed by atoms with E-state index in [0.29, 0.717) is 11.3 Å². The number of benzene rings is 1. The van der Waals surface area contributed by atoms with Gasteiger partial charge in [0.05, 0.1) is 12.7 Å². The smallest absolute Gasteiger partial charge is 0.153 e. The first-order valence-electron chi connectivity index (χ1n) is 4.99. The Morgan fingerprint density at radius 3 is 2.60 bits per heavy atom. The molecule has 0 aliphatic heterocycles. The molecule has 0 saturated carbocycles. The van der Waals surface area contributed by atoms with E-state index >= 15 is 0 Å². The lowest BCUT2D eigenvalue weighted by atomic mass is 10.1. The zero-order valence-electron chi connectivity index (χ0n) is 9.70. The largest absolute Gasteiger partial charge is 0.496 e. The highest BCUT2D eigenvalue weighted by Crippen LogP contribution is 2.27. The lowest BCUT2D eigenvalue weighted by Gasteiger charge is -2.20. The minimum atomic E-state index is 0.600. The Bertz CT molecular complexity index is 361. The average molecular weight is 207 g/mol. The van der Waals surface area contributed by atoms with E-state index in [1.54, 1.807) is 7.11 Å². The van der Waals surface area contributed by atoms with Crippen LogP contribution in [0.4, 0.5) is 5.69 Å². The van der Waals surface area contributed by atoms with Crippen LogP contribution >= 0.6 is 0 Å². The molecule has 0 aliphatic carbocycles. The van der Waals surface area contributed by atoms with E-state index in [2.05, 4.69) is 11.8 Å². The maximum absolute atomic E-state index is 10.8. The lowest BCUT2D eigenvalue weighted by Crippen LogP contribution is -2.17. The molecular weight excluding hydrogens is 190 g/mol. The van der Waals surface area contributed by atoms with Gasteiger partial charge in [-0.3, -0.25) is 4.79 Å². The van der Waals surface area contributed by atoms with Crippen LogP contribution < -0.4 is 9.64 Å². The van der Waals surface area contributed by atoms with Crippen LogP contribution in [-0.2, 0) is 0 Å². The Morgan fingerprint density at radius 1 is 1.47 bits per heavy atom. The van der Waals surface area contributed by atoms with Crippen molar-refractivity contribution in [2.24, 2.45) is 0 Å². The quantitative estimate of drug-likeness (QED) is 0.709. The number of anilines is 1. The van der Waals surface area contributed by atoms with Crippen molar-refractivity contribution in [1.29, 1.82) is 0 Å². The predicted molar refractivity (Wildman–Crippen MR) is 62.1 cm³/mol. The predicted octanol–water partition coefficient (Wildman–Crippen LogP) is 2.27. The van der Waals surface area contributed by atoms with Crippen LogP contribution in [0.2, 0.25) is 0 Å². The summed E-state index contributed by atoms with van der Waals surface area (Å²) in [7, 11) is 3.59. The van der Waals surface area contributed by atoms with Crippen LogP contribution in [0, 0.1) is 6.92 Å². The summed E-state index contributed by atoms with van der Waals surface area (Å²) in [6, 6.07) is 3.76. The Kier molecular flexibility index (Phi) is 3.72. The number of hydrogen-bond donors (Lipinski definition) is 0. The summed E-state index contributed by atoms with van der Waals surface area (Å²) in [5.74, 6) is 0.630. The number of hydrogen-bond acceptors (Lipinski definition) is 3. The minimum Gasteiger partial charge on any atom is -0.496 e. The average Bonchev–Trinajstić information content (AvgIpc) is 2.27. The molecule has 0 bridgehead atoms. The maximum Gasteiger partial charge on any atom is 0.153 e. The Hall–Kier alpha value is -1.51. The number of methoxy groups -OCH3 is 1. The number of ether oxygens (including phenoxy) is 1. The Balaban J connectivity index is 3.25. The van der Waals surface area contributed by atoms with E-state index < -0.39 is 0 Å². The standard InChI is InChI=1S/C12H17NO2/c1-5-13(3)11-7-12(15-4)10(8-14)6-9(11)2/h6-8H,5H2,1-4H3. The third-order valence-corrected chi connectivity index (χ3v) is 2.56. The molecule has 0 radical (unpaired) electrons. The molecule has 1 aromatic rings. The first-order chi connectivity index (χ1) is 7.13. The minimum absolute atomic E-state index is 0.600. The third-order valence-electron chi connectivity index (χ3n) is 2.56. The molecule has 0 fully saturated rings. The van der Waals surface area contributed by atoms with Gasteiger partial charge in [0.15, 0.2) is 6.29 Å². The van der Waals surface area contributed by atoms with Gasteiger partial charge in [0.25, 0.3) is 0 Å². The summed E-state index contributed by atoms with van der Waals surface area (Å²) >= 11 is 0. The van der Waals surface area contributed by atoms with E-state index in [4.69, 9.17) is 4.74 Å². The molecule has 0 unspecified atom stereocenters. The van der Waals surface area contributed by atoms with Crippen LogP contribution in [0.25, 0.3) is 0 Å². The summed E-state index contributed by atoms with van der Waals surface area (Å²) in [4.78, 5) is 12.9. The highest BCUT2D eigenvalue weighted by molar-refractivity contribution is 5.82. The van der Waals surface area contributed by atoms with E-state index in [-0.39, 0.29) is 0 Å². The van der Waals surface area contributed by atoms with E-state index in [1.165, 1.54) is 0 Å². The number of aldehydes is 1. The van der Waals surface area contributed by atoms with Crippen molar-refractivity contribution in [3.05, 3.63) is 23.3 Å². The van der Waals surface area contributed by atoms with E-state index in [0.717, 1.165) is 24.1 Å². The van der Waals surface area contributed by atoms with Gasteiger partial charge in [-0.1, -0.05) is 0 Å². The second-order valence-corrected chi connectivity index (χ2v) is 3.51. The van der Waals surface area contributed by atoms with Crippen LogP contribution in [0.3, 0.4) is 0 Å². The number of carbonyl (C=O) groups is 1. The molecule has 1 rings (SSSR count). The van der Waals surface area contributed by atoms with Gasteiger partial charge in [-0.05, 0) is 25.5 Å². The zero-order chi connectivity index (χ0) is 11.4. The van der Waals surface area contributed by atoms with Crippen molar-refractivity contribution in [2.75, 3.05) is 25.6 Å². The molecule has 0 spiro atoms. The number of nitrogens with zero attached hydrogens (tertiary/aromatic N) is 1. The van der Waals surface area contributed by atoms with Crippen molar-refractivity contribution in [1.82, 2.24) is 0 Å². The molecular formula is C12H17NO2. The van der Waals surface area contributed by atoms with Crippen molar-refractivity contribution in [3.8, 4) is 5.75 Å². The maximum atomic E-state index is 10.8. The van der Waals surface area contributed by atoms with Crippen LogP contribution in [0.5, 0.6) is 5.75 Å². The molecule has 0 heterocycles. The molecule has 3 heteroatoms. The van der Waals surface area contributed by atoms with Gasteiger partial charge in [0, 0.05) is 25.3 Å². The molecule has 0 N–H and O–H groups in total. The van der Waals surface area contributed by atoms with E-state index in [9.17, 15) is 4.79 Å². The fraction of sp³-hybridized carbons (Fsp3) is 0.417. The molecule has 0 aromatic heterocycles. The van der Waals surface area contributed by atoms with Gasteiger partial charge in [0.2, 0.25) is 0 Å². The third kappa shape index (κ3) is 2.29. The van der Waals surface area contributed by atoms with Crippen molar-refractivity contribution >= 4 is 12.0 Å². The fourth-order valence-electron chi connectivity index (χ4n) is 1.55. The molecule has 82 valence electrons. The van der Waals surface area contributed by atoms with E-state index in [1.807, 2.05) is 26.1 Å². The number of aryl methyl sites for hydroxylation is 1. The van der Waals surface area contributed by atoms with Crippen molar-refractivity contribution < 1.29 is 9.53 Å². The normalized spacial score (nSPS) is 9.87. The van der Waals surface area contributed by atoms with Gasteiger partial charge in [-0.2, -0.15) is 0 Å². The summed E-state index contributed by atoms with van der Waals surface area (Å²) in [5.41, 5.74) is 2.78. The van der Waals surface area contributed by atoms with Gasteiger partial charge < -0.3 is 9.64 Å². The fourth-order valence-corrected chi connectivity index (χ4v) is 1.55. The monoisotopic (exact) mass is 207 g/mol. The first-order valence-corrected chi connectivity index (χ1v) is 4.99. The molecule has 0 atom stereocenters. The van der Waals surface area contributed by atoms with Crippen LogP contribution in [0.15, 0.2) is 12.1 Å². The molecule has 0 saturated heterocycles. The van der Waals surface area contributed by atoms with Crippen molar-refractivity contribution in [3.63, 3.8) is 0 Å².